The number of ether oxygens (including phenoxy) is 1. The molecule has 158 valence electrons. The van der Waals surface area contributed by atoms with Gasteiger partial charge in [0.2, 0.25) is 0 Å². The minimum absolute atomic E-state index is 0.0489. The van der Waals surface area contributed by atoms with E-state index in [9.17, 15) is 4.79 Å². The summed E-state index contributed by atoms with van der Waals surface area (Å²) in [5, 5.41) is 7.30. The van der Waals surface area contributed by atoms with E-state index in [0.29, 0.717) is 6.42 Å². The Bertz CT molecular complexity index is 1020. The van der Waals surface area contributed by atoms with Gasteiger partial charge < -0.3 is 15.4 Å². The number of hydrogen-bond donors (Lipinski definition) is 2. The number of nitrogens with one attached hydrogen (secondary N) is 2. The summed E-state index contributed by atoms with van der Waals surface area (Å²) >= 11 is 0. The first-order valence-electron chi connectivity index (χ1n) is 10.8. The van der Waals surface area contributed by atoms with Crippen molar-refractivity contribution in [2.75, 3.05) is 10.6 Å². The number of ketones is 1. The number of rotatable bonds is 3. The molecule has 0 radical (unpaired) electrons. The van der Waals surface area contributed by atoms with E-state index < -0.39 is 0 Å². The van der Waals surface area contributed by atoms with Crippen molar-refractivity contribution >= 4 is 17.2 Å². The van der Waals surface area contributed by atoms with E-state index in [4.69, 9.17) is 4.74 Å². The molecule has 4 nitrogen and oxygen atoms in total. The van der Waals surface area contributed by atoms with E-state index in [2.05, 4.69) is 62.6 Å². The monoisotopic (exact) mass is 404 g/mol. The number of Topliss-reactive ketones (excluding diaryl/α,β-unsaturated/α-hetero) is 1. The molecule has 0 amide bonds. The van der Waals surface area contributed by atoms with Gasteiger partial charge in [0.15, 0.2) is 5.78 Å². The molecule has 2 N–H and O–H groups in total. The number of aryl methyl sites for hydroxylation is 2. The molecule has 4 heteroatoms. The second-order valence-corrected chi connectivity index (χ2v) is 9.75. The Hall–Kier alpha value is -2.75. The van der Waals surface area contributed by atoms with Crippen LogP contribution in [0.2, 0.25) is 0 Å². The van der Waals surface area contributed by atoms with Gasteiger partial charge in [0.1, 0.15) is 5.75 Å². The Labute approximate surface area is 179 Å². The number of fused-ring (bicyclic) bond motifs is 1. The molecule has 4 rings (SSSR count). The van der Waals surface area contributed by atoms with Crippen LogP contribution in [-0.2, 0) is 4.79 Å². The van der Waals surface area contributed by atoms with E-state index in [1.165, 1.54) is 11.1 Å². The zero-order valence-corrected chi connectivity index (χ0v) is 18.8. The zero-order valence-electron chi connectivity index (χ0n) is 18.8. The fraction of sp³-hybridized carbons (Fsp3) is 0.423. The molecule has 2 aromatic carbocycles. The van der Waals surface area contributed by atoms with Gasteiger partial charge in [0.25, 0.3) is 0 Å². The smallest absolute Gasteiger partial charge is 0.163 e. The Morgan fingerprint density at radius 1 is 1.00 bits per heavy atom. The Morgan fingerprint density at radius 3 is 2.27 bits per heavy atom. The van der Waals surface area contributed by atoms with Crippen molar-refractivity contribution in [1.29, 1.82) is 0 Å². The van der Waals surface area contributed by atoms with Crippen molar-refractivity contribution in [3.05, 3.63) is 64.4 Å². The number of benzene rings is 2. The average Bonchev–Trinajstić information content (AvgIpc) is 2.78. The molecule has 1 aliphatic heterocycles. The summed E-state index contributed by atoms with van der Waals surface area (Å²) in [6.07, 6.45) is 1.55. The van der Waals surface area contributed by atoms with Gasteiger partial charge in [-0.2, -0.15) is 0 Å². The summed E-state index contributed by atoms with van der Waals surface area (Å²) in [6.45, 7) is 12.6. The fourth-order valence-corrected chi connectivity index (χ4v) is 4.47. The van der Waals surface area contributed by atoms with Crippen LogP contribution >= 0.6 is 0 Å². The zero-order chi connectivity index (χ0) is 21.6. The van der Waals surface area contributed by atoms with Crippen LogP contribution in [0.5, 0.6) is 5.75 Å². The maximum absolute atomic E-state index is 13.3. The highest BCUT2D eigenvalue weighted by molar-refractivity contribution is 6.01. The van der Waals surface area contributed by atoms with E-state index in [1.807, 2.05) is 26.0 Å². The molecule has 2 aliphatic rings. The quantitative estimate of drug-likeness (QED) is 0.629. The van der Waals surface area contributed by atoms with Gasteiger partial charge >= 0.3 is 0 Å². The first-order chi connectivity index (χ1) is 14.1. The van der Waals surface area contributed by atoms with Crippen LogP contribution in [0.25, 0.3) is 0 Å². The lowest BCUT2D eigenvalue weighted by Crippen LogP contribution is -2.31. The molecule has 0 spiro atoms. The second kappa shape index (κ2) is 7.50. The van der Waals surface area contributed by atoms with Crippen molar-refractivity contribution in [3.8, 4) is 5.75 Å². The highest BCUT2D eigenvalue weighted by Crippen LogP contribution is 2.46. The van der Waals surface area contributed by atoms with E-state index in [1.54, 1.807) is 0 Å². The Balaban J connectivity index is 1.82. The summed E-state index contributed by atoms with van der Waals surface area (Å²) in [5.41, 5.74) is 7.46. The number of carbonyl (C=O) groups excluding carboxylic acids is 1. The third-order valence-electron chi connectivity index (χ3n) is 6.01. The Kier molecular flexibility index (Phi) is 5.13. The summed E-state index contributed by atoms with van der Waals surface area (Å²) in [5.74, 6) is 1.06. The molecule has 1 atom stereocenters. The maximum Gasteiger partial charge on any atom is 0.163 e. The van der Waals surface area contributed by atoms with Crippen molar-refractivity contribution in [3.63, 3.8) is 0 Å². The van der Waals surface area contributed by atoms with Crippen LogP contribution in [0.1, 0.15) is 63.3 Å². The molecule has 1 unspecified atom stereocenters. The minimum Gasteiger partial charge on any atom is -0.491 e. The lowest BCUT2D eigenvalue weighted by Gasteiger charge is -2.34. The summed E-state index contributed by atoms with van der Waals surface area (Å²) in [4.78, 5) is 13.3. The van der Waals surface area contributed by atoms with Crippen LogP contribution in [0.4, 0.5) is 11.4 Å². The first kappa shape index (κ1) is 20.5. The SMILES string of the molecule is Cc1cc2c(cc1C)NC(c1ccc(OC(C)C)cc1)C1=C(CC(C)(C)CC1=O)N2. The number of hydrogen-bond acceptors (Lipinski definition) is 4. The molecule has 1 aliphatic carbocycles. The van der Waals surface area contributed by atoms with Gasteiger partial charge in [0, 0.05) is 17.7 Å². The molecule has 0 saturated carbocycles. The molecule has 0 saturated heterocycles. The van der Waals surface area contributed by atoms with Crippen molar-refractivity contribution in [1.82, 2.24) is 0 Å². The lowest BCUT2D eigenvalue weighted by atomic mass is 9.73. The standard InChI is InChI=1S/C26H32N2O2/c1-15(2)30-19-9-7-18(8-10-19)25-24-22(13-26(5,6)14-23(24)29)27-20-11-16(3)17(4)12-21(20)28-25/h7-12,15,25,27-28H,13-14H2,1-6H3. The van der Waals surface area contributed by atoms with E-state index in [-0.39, 0.29) is 23.3 Å². The van der Waals surface area contributed by atoms with Crippen LogP contribution in [0, 0.1) is 19.3 Å². The lowest BCUT2D eigenvalue weighted by molar-refractivity contribution is -0.118. The minimum atomic E-state index is -0.187. The summed E-state index contributed by atoms with van der Waals surface area (Å²) in [7, 11) is 0. The fourth-order valence-electron chi connectivity index (χ4n) is 4.47. The van der Waals surface area contributed by atoms with Gasteiger partial charge in [-0.3, -0.25) is 4.79 Å². The summed E-state index contributed by atoms with van der Waals surface area (Å²) < 4.78 is 5.81. The highest BCUT2D eigenvalue weighted by Gasteiger charge is 2.38. The van der Waals surface area contributed by atoms with Crippen molar-refractivity contribution in [2.24, 2.45) is 5.41 Å². The third-order valence-corrected chi connectivity index (χ3v) is 6.01. The van der Waals surface area contributed by atoms with Gasteiger partial charge in [-0.15, -0.1) is 0 Å². The summed E-state index contributed by atoms with van der Waals surface area (Å²) in [6, 6.07) is 12.3. The van der Waals surface area contributed by atoms with Crippen molar-refractivity contribution < 1.29 is 9.53 Å². The molecule has 2 aromatic rings. The number of allylic oxidation sites excluding steroid dienone is 1. The van der Waals surface area contributed by atoms with Crippen LogP contribution < -0.4 is 15.4 Å². The number of anilines is 2. The molecule has 0 bridgehead atoms. The third kappa shape index (κ3) is 3.96. The largest absolute Gasteiger partial charge is 0.491 e. The van der Waals surface area contributed by atoms with Crippen molar-refractivity contribution in [2.45, 2.75) is 66.5 Å². The van der Waals surface area contributed by atoms with Gasteiger partial charge in [-0.25, -0.2) is 0 Å². The predicted octanol–water partition coefficient (Wildman–Crippen LogP) is 6.31. The van der Waals surface area contributed by atoms with Gasteiger partial charge in [-0.1, -0.05) is 26.0 Å². The molecule has 1 heterocycles. The van der Waals surface area contributed by atoms with Gasteiger partial charge in [0.05, 0.1) is 23.5 Å². The van der Waals surface area contributed by atoms with Crippen LogP contribution in [0.3, 0.4) is 0 Å². The highest BCUT2D eigenvalue weighted by atomic mass is 16.5. The molecule has 0 fully saturated rings. The molecule has 30 heavy (non-hydrogen) atoms. The average molecular weight is 405 g/mol. The molecule has 0 aromatic heterocycles. The second-order valence-electron chi connectivity index (χ2n) is 9.75. The van der Waals surface area contributed by atoms with Crippen LogP contribution in [-0.4, -0.2) is 11.9 Å². The number of carbonyl (C=O) groups is 1. The first-order valence-corrected chi connectivity index (χ1v) is 10.8. The van der Waals surface area contributed by atoms with Crippen LogP contribution in [0.15, 0.2) is 47.7 Å². The van der Waals surface area contributed by atoms with Gasteiger partial charge in [-0.05, 0) is 80.5 Å². The maximum atomic E-state index is 13.3. The molecular formula is C26H32N2O2. The molecular weight excluding hydrogens is 372 g/mol. The normalized spacial score (nSPS) is 20.1. The predicted molar refractivity (Wildman–Crippen MR) is 123 cm³/mol. The van der Waals surface area contributed by atoms with E-state index in [0.717, 1.165) is 40.4 Å². The topological polar surface area (TPSA) is 50.4 Å². The Morgan fingerprint density at radius 2 is 1.63 bits per heavy atom. The van der Waals surface area contributed by atoms with E-state index >= 15 is 0 Å².